The molecule has 0 spiro atoms. The maximum Gasteiger partial charge on any atom is 0.295 e. The van der Waals surface area contributed by atoms with Gasteiger partial charge in [-0.2, -0.15) is 0 Å². The third-order valence-electron chi connectivity index (χ3n) is 5.59. The lowest BCUT2D eigenvalue weighted by Crippen LogP contribution is -2.32. The van der Waals surface area contributed by atoms with Crippen LogP contribution in [-0.2, 0) is 15.0 Å². The Morgan fingerprint density at radius 3 is 2.23 bits per heavy atom. The van der Waals surface area contributed by atoms with Crippen LogP contribution >= 0.6 is 0 Å². The molecule has 1 fully saturated rings. The van der Waals surface area contributed by atoms with Crippen LogP contribution in [0.4, 0.5) is 0 Å². The predicted molar refractivity (Wildman–Crippen MR) is 122 cm³/mol. The van der Waals surface area contributed by atoms with Crippen molar-refractivity contribution in [3.05, 3.63) is 71.1 Å². The van der Waals surface area contributed by atoms with Gasteiger partial charge in [-0.15, -0.1) is 0 Å². The van der Waals surface area contributed by atoms with Crippen LogP contribution in [0.25, 0.3) is 5.76 Å². The molecule has 1 N–H and O–H groups in total. The minimum atomic E-state index is -0.649. The fraction of sp³-hybridized carbons (Fsp3) is 0.400. The monoisotopic (exact) mass is 421 g/mol. The second kappa shape index (κ2) is 9.02. The lowest BCUT2D eigenvalue weighted by atomic mass is 9.85. The van der Waals surface area contributed by atoms with Crippen LogP contribution < -0.4 is 0 Å². The van der Waals surface area contributed by atoms with Gasteiger partial charge in [0.25, 0.3) is 11.7 Å². The molecule has 1 amide bonds. The summed E-state index contributed by atoms with van der Waals surface area (Å²) < 4.78 is 0. The molecule has 6 nitrogen and oxygen atoms in total. The number of benzene rings is 1. The van der Waals surface area contributed by atoms with Crippen molar-refractivity contribution in [2.75, 3.05) is 27.2 Å². The second-order valence-electron chi connectivity index (χ2n) is 9.26. The third kappa shape index (κ3) is 4.85. The van der Waals surface area contributed by atoms with Crippen LogP contribution in [0, 0.1) is 0 Å². The summed E-state index contributed by atoms with van der Waals surface area (Å²) in [6.07, 6.45) is 3.83. The van der Waals surface area contributed by atoms with Gasteiger partial charge in [0.15, 0.2) is 0 Å². The summed E-state index contributed by atoms with van der Waals surface area (Å²) in [6, 6.07) is 10.6. The molecular weight excluding hydrogens is 390 g/mol. The molecule has 31 heavy (non-hydrogen) atoms. The van der Waals surface area contributed by atoms with Gasteiger partial charge in [0, 0.05) is 24.5 Å². The number of nitrogens with zero attached hydrogens (tertiary/aromatic N) is 3. The highest BCUT2D eigenvalue weighted by atomic mass is 16.3. The second-order valence-corrected chi connectivity index (χ2v) is 9.26. The van der Waals surface area contributed by atoms with Gasteiger partial charge in [-0.05, 0) is 55.7 Å². The van der Waals surface area contributed by atoms with Crippen LogP contribution in [0.3, 0.4) is 0 Å². The third-order valence-corrected chi connectivity index (χ3v) is 5.59. The Bertz CT molecular complexity index is 973. The van der Waals surface area contributed by atoms with Crippen LogP contribution in [0.5, 0.6) is 0 Å². The van der Waals surface area contributed by atoms with Crippen LogP contribution in [0.2, 0.25) is 0 Å². The van der Waals surface area contributed by atoms with Crippen LogP contribution in [0.15, 0.2) is 54.4 Å². The largest absolute Gasteiger partial charge is 0.507 e. The van der Waals surface area contributed by atoms with Gasteiger partial charge in [-0.1, -0.05) is 45.0 Å². The number of aromatic nitrogens is 1. The number of carbonyl (C=O) groups excluding carboxylic acids is 2. The van der Waals surface area contributed by atoms with Gasteiger partial charge < -0.3 is 14.9 Å². The minimum absolute atomic E-state index is 0.0108. The molecule has 1 saturated heterocycles. The number of Topliss-reactive ketones (excluding diaryl/α,β-unsaturated/α-hetero) is 1. The zero-order valence-corrected chi connectivity index (χ0v) is 18.9. The number of hydrogen-bond donors (Lipinski definition) is 1. The molecule has 1 aromatic carbocycles. The SMILES string of the molecule is CN(C)CCCN1C(=O)C(=O)/C(=C(/O)c2ccncc2)[C@@H]1c1ccc(C(C)(C)C)cc1. The van der Waals surface area contributed by atoms with E-state index in [1.54, 1.807) is 29.4 Å². The quantitative estimate of drug-likeness (QED) is 0.437. The average molecular weight is 422 g/mol. The molecular formula is C25H31N3O3. The average Bonchev–Trinajstić information content (AvgIpc) is 2.98. The van der Waals surface area contributed by atoms with Crippen molar-refractivity contribution in [3.63, 3.8) is 0 Å². The Balaban J connectivity index is 2.08. The summed E-state index contributed by atoms with van der Waals surface area (Å²) in [5.74, 6) is -1.39. The van der Waals surface area contributed by atoms with Crippen molar-refractivity contribution in [2.45, 2.75) is 38.6 Å². The maximum absolute atomic E-state index is 13.0. The van der Waals surface area contributed by atoms with E-state index in [1.165, 1.54) is 0 Å². The zero-order chi connectivity index (χ0) is 22.8. The molecule has 1 atom stereocenters. The van der Waals surface area contributed by atoms with Crippen molar-refractivity contribution in [1.82, 2.24) is 14.8 Å². The van der Waals surface area contributed by atoms with Crippen LogP contribution in [0.1, 0.15) is 49.9 Å². The Morgan fingerprint density at radius 2 is 1.68 bits per heavy atom. The van der Waals surface area contributed by atoms with Crippen molar-refractivity contribution in [1.29, 1.82) is 0 Å². The van der Waals surface area contributed by atoms with Crippen LogP contribution in [-0.4, -0.2) is 58.8 Å². The summed E-state index contributed by atoms with van der Waals surface area (Å²) in [7, 11) is 3.94. The number of carbonyl (C=O) groups is 2. The first-order valence-corrected chi connectivity index (χ1v) is 10.5. The Kier molecular flexibility index (Phi) is 6.60. The predicted octanol–water partition coefficient (Wildman–Crippen LogP) is 3.75. The van der Waals surface area contributed by atoms with Gasteiger partial charge in [0.1, 0.15) is 5.76 Å². The first-order valence-electron chi connectivity index (χ1n) is 10.5. The van der Waals surface area contributed by atoms with Gasteiger partial charge in [0.05, 0.1) is 11.6 Å². The van der Waals surface area contributed by atoms with Gasteiger partial charge in [-0.3, -0.25) is 14.6 Å². The Hall–Kier alpha value is -2.99. The number of aliphatic hydroxyl groups excluding tert-OH is 1. The van der Waals surface area contributed by atoms with Crippen molar-refractivity contribution >= 4 is 17.4 Å². The molecule has 1 aliphatic heterocycles. The summed E-state index contributed by atoms with van der Waals surface area (Å²) in [5.41, 5.74) is 2.56. The molecule has 2 heterocycles. The van der Waals surface area contributed by atoms with Crippen molar-refractivity contribution in [3.8, 4) is 0 Å². The Labute approximate surface area is 184 Å². The number of aliphatic hydroxyl groups is 1. The summed E-state index contributed by atoms with van der Waals surface area (Å²) >= 11 is 0. The van der Waals surface area contributed by atoms with E-state index in [1.807, 2.05) is 43.3 Å². The standard InChI is InChI=1S/C25H31N3O3/c1-25(2,3)19-9-7-17(8-10-19)21-20(22(29)18-11-13-26-14-12-18)23(30)24(31)28(21)16-6-15-27(4)5/h7-14,21,29H,6,15-16H2,1-5H3/b22-20+/t21-/m0/s1. The van der Waals surface area contributed by atoms with Crippen molar-refractivity contribution in [2.24, 2.45) is 0 Å². The molecule has 1 aromatic heterocycles. The lowest BCUT2D eigenvalue weighted by Gasteiger charge is -2.27. The van der Waals surface area contributed by atoms with E-state index >= 15 is 0 Å². The van der Waals surface area contributed by atoms with E-state index < -0.39 is 17.7 Å². The highest BCUT2D eigenvalue weighted by Gasteiger charge is 2.45. The number of amides is 1. The molecule has 0 radical (unpaired) electrons. The Morgan fingerprint density at radius 1 is 1.06 bits per heavy atom. The molecule has 0 aliphatic carbocycles. The summed E-state index contributed by atoms with van der Waals surface area (Å²) in [6.45, 7) is 7.64. The highest BCUT2D eigenvalue weighted by Crippen LogP contribution is 2.40. The summed E-state index contributed by atoms with van der Waals surface area (Å²) in [5, 5.41) is 11.0. The smallest absolute Gasteiger partial charge is 0.295 e. The molecule has 3 rings (SSSR count). The molecule has 0 unspecified atom stereocenters. The zero-order valence-electron chi connectivity index (χ0n) is 18.9. The number of pyridine rings is 1. The maximum atomic E-state index is 13.0. The van der Waals surface area contributed by atoms with E-state index in [0.717, 1.165) is 24.1 Å². The first kappa shape index (κ1) is 22.7. The number of ketones is 1. The number of rotatable bonds is 6. The van der Waals surface area contributed by atoms with E-state index in [0.29, 0.717) is 12.1 Å². The molecule has 0 bridgehead atoms. The van der Waals surface area contributed by atoms with Gasteiger partial charge in [-0.25, -0.2) is 0 Å². The minimum Gasteiger partial charge on any atom is -0.507 e. The number of likely N-dealkylation sites (tertiary alicyclic amines) is 1. The topological polar surface area (TPSA) is 73.7 Å². The fourth-order valence-electron chi connectivity index (χ4n) is 3.85. The van der Waals surface area contributed by atoms with E-state index in [4.69, 9.17) is 0 Å². The van der Waals surface area contributed by atoms with E-state index in [-0.39, 0.29) is 16.7 Å². The molecule has 1 aliphatic rings. The van der Waals surface area contributed by atoms with E-state index in [2.05, 4.69) is 25.8 Å². The number of hydrogen-bond acceptors (Lipinski definition) is 5. The van der Waals surface area contributed by atoms with Gasteiger partial charge in [0.2, 0.25) is 0 Å². The first-order chi connectivity index (χ1) is 14.6. The molecule has 2 aromatic rings. The lowest BCUT2D eigenvalue weighted by molar-refractivity contribution is -0.139. The molecule has 164 valence electrons. The van der Waals surface area contributed by atoms with Crippen molar-refractivity contribution < 1.29 is 14.7 Å². The fourth-order valence-corrected chi connectivity index (χ4v) is 3.85. The van der Waals surface area contributed by atoms with E-state index in [9.17, 15) is 14.7 Å². The van der Waals surface area contributed by atoms with Gasteiger partial charge >= 0.3 is 0 Å². The highest BCUT2D eigenvalue weighted by molar-refractivity contribution is 6.46. The summed E-state index contributed by atoms with van der Waals surface area (Å²) in [4.78, 5) is 33.5. The molecule has 6 heteroatoms. The molecule has 0 saturated carbocycles. The normalized spacial score (nSPS) is 18.8.